The van der Waals surface area contributed by atoms with Crippen LogP contribution in [0.4, 0.5) is 8.78 Å². The van der Waals surface area contributed by atoms with E-state index in [1.54, 1.807) is 7.11 Å². The molecular formula is C9H15F2NO. The maximum Gasteiger partial charge on any atom is 0.271 e. The normalized spacial score (nSPS) is 26.5. The molecule has 2 atom stereocenters. The van der Waals surface area contributed by atoms with Gasteiger partial charge in [-0.1, -0.05) is 0 Å². The van der Waals surface area contributed by atoms with E-state index in [0.717, 1.165) is 0 Å². The van der Waals surface area contributed by atoms with Crippen LogP contribution in [0.2, 0.25) is 0 Å². The van der Waals surface area contributed by atoms with Crippen LogP contribution >= 0.6 is 0 Å². The van der Waals surface area contributed by atoms with Crippen molar-refractivity contribution in [3.05, 3.63) is 11.7 Å². The van der Waals surface area contributed by atoms with Crippen LogP contribution in [-0.4, -0.2) is 37.7 Å². The number of likely N-dealkylation sites (tertiary alicyclic amines) is 1. The van der Waals surface area contributed by atoms with E-state index < -0.39 is 6.08 Å². The van der Waals surface area contributed by atoms with Gasteiger partial charge in [-0.25, -0.2) is 0 Å². The Morgan fingerprint density at radius 3 is 2.69 bits per heavy atom. The Morgan fingerprint density at radius 1 is 1.62 bits per heavy atom. The summed E-state index contributed by atoms with van der Waals surface area (Å²) in [5, 5.41) is 0. The van der Waals surface area contributed by atoms with Gasteiger partial charge in [-0.15, -0.1) is 0 Å². The minimum Gasteiger partial charge on any atom is -0.380 e. The van der Waals surface area contributed by atoms with E-state index in [1.807, 2.05) is 18.9 Å². The van der Waals surface area contributed by atoms with Crippen molar-refractivity contribution in [2.24, 2.45) is 0 Å². The molecule has 0 radical (unpaired) electrons. The number of nitrogens with zero attached hydrogens (tertiary/aromatic N) is 1. The molecular weight excluding hydrogens is 176 g/mol. The van der Waals surface area contributed by atoms with Crippen LogP contribution in [-0.2, 0) is 4.74 Å². The maximum absolute atomic E-state index is 12.5. The zero-order chi connectivity index (χ0) is 10.0. The quantitative estimate of drug-likeness (QED) is 0.660. The Morgan fingerprint density at radius 2 is 2.23 bits per heavy atom. The third kappa shape index (κ3) is 2.06. The highest BCUT2D eigenvalue weighted by Gasteiger charge is 2.33. The van der Waals surface area contributed by atoms with E-state index in [2.05, 4.69) is 0 Å². The largest absolute Gasteiger partial charge is 0.380 e. The number of hydrogen-bond donors (Lipinski definition) is 0. The Balaban J connectivity index is 2.84. The highest BCUT2D eigenvalue weighted by Crippen LogP contribution is 2.29. The summed E-state index contributed by atoms with van der Waals surface area (Å²) in [6.07, 6.45) is -1.26. The zero-order valence-corrected chi connectivity index (χ0v) is 8.18. The molecule has 1 saturated heterocycles. The van der Waals surface area contributed by atoms with Gasteiger partial charge in [-0.05, 0) is 20.4 Å². The topological polar surface area (TPSA) is 12.5 Å². The lowest BCUT2D eigenvalue weighted by molar-refractivity contribution is 0.0629. The molecule has 1 heterocycles. The second-order valence-corrected chi connectivity index (χ2v) is 3.40. The molecule has 0 aromatic carbocycles. The lowest BCUT2D eigenvalue weighted by Crippen LogP contribution is -2.36. The van der Waals surface area contributed by atoms with Gasteiger partial charge in [-0.2, -0.15) is 8.78 Å². The molecule has 0 saturated carbocycles. The van der Waals surface area contributed by atoms with E-state index in [1.165, 1.54) is 0 Å². The van der Waals surface area contributed by atoms with Crippen LogP contribution in [0, 0.1) is 0 Å². The van der Waals surface area contributed by atoms with Crippen LogP contribution in [0.3, 0.4) is 0 Å². The van der Waals surface area contributed by atoms with Gasteiger partial charge in [0.15, 0.2) is 0 Å². The van der Waals surface area contributed by atoms with E-state index in [9.17, 15) is 8.78 Å². The average molecular weight is 191 g/mol. The Hall–Kier alpha value is -0.480. The van der Waals surface area contributed by atoms with Gasteiger partial charge in [-0.3, -0.25) is 4.90 Å². The van der Waals surface area contributed by atoms with E-state index in [-0.39, 0.29) is 17.7 Å². The van der Waals surface area contributed by atoms with Crippen LogP contribution in [0.1, 0.15) is 13.3 Å². The van der Waals surface area contributed by atoms with Crippen LogP contribution < -0.4 is 0 Å². The maximum atomic E-state index is 12.5. The summed E-state index contributed by atoms with van der Waals surface area (Å²) < 4.78 is 30.0. The Bertz CT molecular complexity index is 214. The molecule has 1 fully saturated rings. The Labute approximate surface area is 77.2 Å². The number of methoxy groups -OCH3 is 1. The number of ether oxygens (including phenoxy) is 1. The van der Waals surface area contributed by atoms with Crippen LogP contribution in [0.15, 0.2) is 11.7 Å². The molecule has 2 nitrogen and oxygen atoms in total. The van der Waals surface area contributed by atoms with Gasteiger partial charge < -0.3 is 4.74 Å². The fourth-order valence-corrected chi connectivity index (χ4v) is 1.83. The second kappa shape index (κ2) is 4.15. The molecule has 0 aromatic heterocycles. The third-order valence-electron chi connectivity index (χ3n) is 2.62. The van der Waals surface area contributed by atoms with Crippen LogP contribution in [0.5, 0.6) is 0 Å². The van der Waals surface area contributed by atoms with Gasteiger partial charge in [0.2, 0.25) is 0 Å². The standard InChI is InChI=1S/C9H15F2NO/c1-6(13-3)8-7(9(10)11)4-5-12(8)2/h6,8H,4-5H2,1-3H3/t6-,8+/m0/s1. The number of halogens is 2. The molecule has 1 rings (SSSR count). The molecule has 0 bridgehead atoms. The average Bonchev–Trinajstić information content (AvgIpc) is 2.46. The van der Waals surface area contributed by atoms with Gasteiger partial charge in [0.1, 0.15) is 0 Å². The summed E-state index contributed by atoms with van der Waals surface area (Å²) in [5.74, 6) is 0. The third-order valence-corrected chi connectivity index (χ3v) is 2.62. The first-order valence-electron chi connectivity index (χ1n) is 4.35. The summed E-state index contributed by atoms with van der Waals surface area (Å²) in [7, 11) is 3.39. The Kier molecular flexibility index (Phi) is 3.39. The fraction of sp³-hybridized carbons (Fsp3) is 0.778. The van der Waals surface area contributed by atoms with E-state index in [4.69, 9.17) is 4.74 Å². The summed E-state index contributed by atoms with van der Waals surface area (Å²) in [6.45, 7) is 2.50. The van der Waals surface area contributed by atoms with Gasteiger partial charge in [0.05, 0.1) is 12.1 Å². The summed E-state index contributed by atoms with van der Waals surface area (Å²) in [4.78, 5) is 1.91. The minimum atomic E-state index is -1.54. The number of hydrogen-bond acceptors (Lipinski definition) is 2. The molecule has 1 aliphatic rings. The fourth-order valence-electron chi connectivity index (χ4n) is 1.83. The first-order chi connectivity index (χ1) is 6.07. The van der Waals surface area contributed by atoms with Crippen molar-refractivity contribution in [1.29, 1.82) is 0 Å². The van der Waals surface area contributed by atoms with Crippen molar-refractivity contribution < 1.29 is 13.5 Å². The van der Waals surface area contributed by atoms with Crippen molar-refractivity contribution in [2.45, 2.75) is 25.5 Å². The van der Waals surface area contributed by atoms with Crippen molar-refractivity contribution in [1.82, 2.24) is 4.90 Å². The molecule has 76 valence electrons. The lowest BCUT2D eigenvalue weighted by Gasteiger charge is -2.25. The summed E-state index contributed by atoms with van der Waals surface area (Å²) in [5.41, 5.74) is 0.233. The van der Waals surface area contributed by atoms with Crippen LogP contribution in [0.25, 0.3) is 0 Å². The predicted octanol–water partition coefficient (Wildman–Crippen LogP) is 1.88. The van der Waals surface area contributed by atoms with Crippen molar-refractivity contribution in [2.75, 3.05) is 20.7 Å². The monoisotopic (exact) mass is 191 g/mol. The molecule has 0 spiro atoms. The van der Waals surface area contributed by atoms with Crippen molar-refractivity contribution in [3.63, 3.8) is 0 Å². The molecule has 0 aliphatic carbocycles. The van der Waals surface area contributed by atoms with Crippen molar-refractivity contribution >= 4 is 0 Å². The summed E-state index contributed by atoms with van der Waals surface area (Å²) >= 11 is 0. The smallest absolute Gasteiger partial charge is 0.271 e. The van der Waals surface area contributed by atoms with Crippen molar-refractivity contribution in [3.8, 4) is 0 Å². The first kappa shape index (κ1) is 10.6. The molecule has 0 N–H and O–H groups in total. The lowest BCUT2D eigenvalue weighted by atomic mass is 10.1. The van der Waals surface area contributed by atoms with Gasteiger partial charge >= 0.3 is 0 Å². The molecule has 0 unspecified atom stereocenters. The number of rotatable bonds is 2. The number of likely N-dealkylation sites (N-methyl/N-ethyl adjacent to an activating group) is 1. The molecule has 13 heavy (non-hydrogen) atoms. The SMILES string of the molecule is CO[C@@H](C)[C@@H]1C(=C(F)F)CCN1C. The highest BCUT2D eigenvalue weighted by molar-refractivity contribution is 5.18. The highest BCUT2D eigenvalue weighted by atomic mass is 19.3. The van der Waals surface area contributed by atoms with Gasteiger partial charge in [0.25, 0.3) is 6.08 Å². The molecule has 0 aromatic rings. The zero-order valence-electron chi connectivity index (χ0n) is 8.18. The molecule has 4 heteroatoms. The van der Waals surface area contributed by atoms with Gasteiger partial charge in [0, 0.05) is 19.2 Å². The van der Waals surface area contributed by atoms with E-state index in [0.29, 0.717) is 13.0 Å². The molecule has 0 amide bonds. The summed E-state index contributed by atoms with van der Waals surface area (Å²) in [6, 6.07) is -0.255. The van der Waals surface area contributed by atoms with E-state index >= 15 is 0 Å². The predicted molar refractivity (Wildman–Crippen MR) is 46.7 cm³/mol. The molecule has 1 aliphatic heterocycles. The second-order valence-electron chi connectivity index (χ2n) is 3.40. The minimum absolute atomic E-state index is 0.177. The first-order valence-corrected chi connectivity index (χ1v) is 4.35.